The number of fused-ring (bicyclic) bond motifs is 1. The molecule has 0 radical (unpaired) electrons. The average Bonchev–Trinajstić information content (AvgIpc) is 2.93. The van der Waals surface area contributed by atoms with Gasteiger partial charge >= 0.3 is 0 Å². The van der Waals surface area contributed by atoms with Crippen LogP contribution in [0, 0.1) is 0 Å². The van der Waals surface area contributed by atoms with Gasteiger partial charge in [0.05, 0.1) is 6.04 Å². The highest BCUT2D eigenvalue weighted by Crippen LogP contribution is 2.24. The average molecular weight is 273 g/mol. The van der Waals surface area contributed by atoms with Gasteiger partial charge in [-0.1, -0.05) is 6.07 Å². The van der Waals surface area contributed by atoms with Crippen molar-refractivity contribution < 1.29 is 4.79 Å². The molecule has 108 valence electrons. The van der Waals surface area contributed by atoms with Crippen molar-refractivity contribution in [2.75, 3.05) is 33.2 Å². The first-order valence-corrected chi connectivity index (χ1v) is 7.50. The van der Waals surface area contributed by atoms with Gasteiger partial charge in [-0.15, -0.1) is 0 Å². The van der Waals surface area contributed by atoms with Gasteiger partial charge in [0.1, 0.15) is 0 Å². The fraction of sp³-hybridized carbons (Fsp3) is 0.562. The molecule has 1 aromatic rings. The van der Waals surface area contributed by atoms with Crippen molar-refractivity contribution >= 4 is 5.91 Å². The highest BCUT2D eigenvalue weighted by molar-refractivity contribution is 5.95. The quantitative estimate of drug-likeness (QED) is 0.870. The molecule has 1 fully saturated rings. The van der Waals surface area contributed by atoms with Crippen molar-refractivity contribution in [3.05, 3.63) is 34.9 Å². The summed E-state index contributed by atoms with van der Waals surface area (Å²) in [6.07, 6.45) is 3.48. The molecule has 1 aliphatic carbocycles. The van der Waals surface area contributed by atoms with Crippen LogP contribution in [0.1, 0.15) is 27.9 Å². The van der Waals surface area contributed by atoms with Crippen LogP contribution in [0.4, 0.5) is 0 Å². The van der Waals surface area contributed by atoms with Gasteiger partial charge in [0.25, 0.3) is 5.91 Å². The monoisotopic (exact) mass is 273 g/mol. The lowest BCUT2D eigenvalue weighted by Crippen LogP contribution is -2.56. The topological polar surface area (TPSA) is 49.6 Å². The number of aryl methyl sites for hydroxylation is 2. The number of nitrogens with zero attached hydrogens (tertiary/aromatic N) is 2. The predicted molar refractivity (Wildman–Crippen MR) is 79.8 cm³/mol. The summed E-state index contributed by atoms with van der Waals surface area (Å²) in [5, 5.41) is 0. The van der Waals surface area contributed by atoms with E-state index < -0.39 is 0 Å². The first-order valence-electron chi connectivity index (χ1n) is 7.50. The second-order valence-corrected chi connectivity index (χ2v) is 5.99. The van der Waals surface area contributed by atoms with E-state index in [4.69, 9.17) is 5.73 Å². The molecule has 1 atom stereocenters. The number of carbonyl (C=O) groups excluding carboxylic acids is 1. The molecule has 1 heterocycles. The zero-order chi connectivity index (χ0) is 14.1. The van der Waals surface area contributed by atoms with Crippen molar-refractivity contribution in [3.8, 4) is 0 Å². The van der Waals surface area contributed by atoms with E-state index in [1.54, 1.807) is 0 Å². The fourth-order valence-corrected chi connectivity index (χ4v) is 3.35. The van der Waals surface area contributed by atoms with Crippen molar-refractivity contribution in [1.82, 2.24) is 9.80 Å². The molecule has 3 rings (SSSR count). The summed E-state index contributed by atoms with van der Waals surface area (Å²) in [7, 11) is 2.08. The maximum Gasteiger partial charge on any atom is 0.254 e. The van der Waals surface area contributed by atoms with Gasteiger partial charge in [-0.05, 0) is 49.6 Å². The zero-order valence-electron chi connectivity index (χ0n) is 12.1. The Balaban J connectivity index is 1.81. The van der Waals surface area contributed by atoms with Crippen LogP contribution in [0.3, 0.4) is 0 Å². The highest BCUT2D eigenvalue weighted by Gasteiger charge is 2.29. The van der Waals surface area contributed by atoms with Gasteiger partial charge in [-0.2, -0.15) is 0 Å². The number of benzene rings is 1. The van der Waals surface area contributed by atoms with Crippen LogP contribution in [0.2, 0.25) is 0 Å². The van der Waals surface area contributed by atoms with Gasteiger partial charge in [-0.25, -0.2) is 0 Å². The van der Waals surface area contributed by atoms with Crippen LogP contribution >= 0.6 is 0 Å². The van der Waals surface area contributed by atoms with Gasteiger partial charge in [0.15, 0.2) is 0 Å². The molecule has 2 aliphatic rings. The Morgan fingerprint density at radius 3 is 2.90 bits per heavy atom. The normalized spacial score (nSPS) is 22.9. The molecule has 1 saturated heterocycles. The van der Waals surface area contributed by atoms with Gasteiger partial charge < -0.3 is 15.5 Å². The van der Waals surface area contributed by atoms with Crippen LogP contribution in [0.25, 0.3) is 0 Å². The number of piperazine rings is 1. The summed E-state index contributed by atoms with van der Waals surface area (Å²) in [6.45, 7) is 3.09. The molecule has 2 N–H and O–H groups in total. The second kappa shape index (κ2) is 5.54. The Labute approximate surface area is 120 Å². The minimum atomic E-state index is 0.134. The van der Waals surface area contributed by atoms with Gasteiger partial charge in [0.2, 0.25) is 0 Å². The molecule has 0 bridgehead atoms. The molecule has 1 unspecified atom stereocenters. The van der Waals surface area contributed by atoms with Crippen LogP contribution in [-0.2, 0) is 12.8 Å². The SMILES string of the molecule is CN1CCN(C(=O)c2ccc3c(c2)CCC3)C(CN)C1. The number of rotatable bonds is 2. The summed E-state index contributed by atoms with van der Waals surface area (Å²) in [5.41, 5.74) is 9.44. The number of amides is 1. The van der Waals surface area contributed by atoms with E-state index in [2.05, 4.69) is 24.1 Å². The third-order valence-corrected chi connectivity index (χ3v) is 4.56. The van der Waals surface area contributed by atoms with E-state index in [1.807, 2.05) is 11.0 Å². The molecule has 4 heteroatoms. The zero-order valence-corrected chi connectivity index (χ0v) is 12.1. The summed E-state index contributed by atoms with van der Waals surface area (Å²) in [4.78, 5) is 16.9. The highest BCUT2D eigenvalue weighted by atomic mass is 16.2. The Hall–Kier alpha value is -1.39. The Morgan fingerprint density at radius 2 is 2.10 bits per heavy atom. The standard InChI is InChI=1S/C16H23N3O/c1-18-7-8-19(15(10-17)11-18)16(20)14-6-5-12-3-2-4-13(12)9-14/h5-6,9,15H,2-4,7-8,10-11,17H2,1H3. The smallest absolute Gasteiger partial charge is 0.254 e. The molecule has 4 nitrogen and oxygen atoms in total. The predicted octanol–water partition coefficient (Wildman–Crippen LogP) is 0.890. The van der Waals surface area contributed by atoms with E-state index in [9.17, 15) is 4.79 Å². The van der Waals surface area contributed by atoms with Crippen LogP contribution in [-0.4, -0.2) is 55.0 Å². The Bertz CT molecular complexity index is 514. The van der Waals surface area contributed by atoms with Crippen LogP contribution in [0.5, 0.6) is 0 Å². The number of likely N-dealkylation sites (N-methyl/N-ethyl adjacent to an activating group) is 1. The lowest BCUT2D eigenvalue weighted by molar-refractivity contribution is 0.0516. The summed E-state index contributed by atoms with van der Waals surface area (Å²) < 4.78 is 0. The van der Waals surface area contributed by atoms with Crippen molar-refractivity contribution in [3.63, 3.8) is 0 Å². The summed E-state index contributed by atoms with van der Waals surface area (Å²) >= 11 is 0. The molecule has 1 amide bonds. The van der Waals surface area contributed by atoms with Crippen molar-refractivity contribution in [2.24, 2.45) is 5.73 Å². The number of nitrogens with two attached hydrogens (primary N) is 1. The van der Waals surface area contributed by atoms with Crippen molar-refractivity contribution in [2.45, 2.75) is 25.3 Å². The molecule has 0 saturated carbocycles. The lowest BCUT2D eigenvalue weighted by atomic mass is 10.0. The van der Waals surface area contributed by atoms with E-state index in [-0.39, 0.29) is 11.9 Å². The molecule has 1 aromatic carbocycles. The minimum absolute atomic E-state index is 0.134. The Morgan fingerprint density at radius 1 is 1.30 bits per heavy atom. The van der Waals surface area contributed by atoms with E-state index in [1.165, 1.54) is 17.5 Å². The first kappa shape index (κ1) is 13.6. The van der Waals surface area contributed by atoms with E-state index >= 15 is 0 Å². The molecule has 0 aromatic heterocycles. The third-order valence-electron chi connectivity index (χ3n) is 4.56. The van der Waals surface area contributed by atoms with Crippen molar-refractivity contribution in [1.29, 1.82) is 0 Å². The largest absolute Gasteiger partial charge is 0.332 e. The number of hydrogen-bond donors (Lipinski definition) is 1. The minimum Gasteiger partial charge on any atom is -0.332 e. The maximum absolute atomic E-state index is 12.7. The molecule has 1 aliphatic heterocycles. The van der Waals surface area contributed by atoms with Gasteiger partial charge in [-0.3, -0.25) is 4.79 Å². The van der Waals surface area contributed by atoms with E-state index in [0.717, 1.165) is 38.0 Å². The molecule has 20 heavy (non-hydrogen) atoms. The molecule has 0 spiro atoms. The number of carbonyl (C=O) groups is 1. The third kappa shape index (κ3) is 2.45. The van der Waals surface area contributed by atoms with Gasteiger partial charge in [0, 0.05) is 31.7 Å². The first-order chi connectivity index (χ1) is 9.69. The van der Waals surface area contributed by atoms with Crippen LogP contribution in [0.15, 0.2) is 18.2 Å². The Kier molecular flexibility index (Phi) is 3.76. The summed E-state index contributed by atoms with van der Waals surface area (Å²) in [5.74, 6) is 0.142. The number of hydrogen-bond acceptors (Lipinski definition) is 3. The summed E-state index contributed by atoms with van der Waals surface area (Å²) in [6, 6.07) is 6.34. The second-order valence-electron chi connectivity index (χ2n) is 5.99. The lowest BCUT2D eigenvalue weighted by Gasteiger charge is -2.39. The van der Waals surface area contributed by atoms with Crippen LogP contribution < -0.4 is 5.73 Å². The van der Waals surface area contributed by atoms with E-state index in [0.29, 0.717) is 6.54 Å². The molecular formula is C16H23N3O. The fourth-order valence-electron chi connectivity index (χ4n) is 3.35. The maximum atomic E-state index is 12.7. The molecular weight excluding hydrogens is 250 g/mol.